The van der Waals surface area contributed by atoms with Crippen LogP contribution in [0.4, 0.5) is 11.4 Å². The molecule has 6 nitrogen and oxygen atoms in total. The summed E-state index contributed by atoms with van der Waals surface area (Å²) >= 11 is 0. The number of piperazine rings is 1. The Labute approximate surface area is 192 Å². The average molecular weight is 436 g/mol. The number of aromatic nitrogens is 1. The van der Waals surface area contributed by atoms with Crippen molar-refractivity contribution >= 4 is 17.3 Å². The maximum Gasteiger partial charge on any atom is 0.223 e. The Morgan fingerprint density at radius 3 is 2.41 bits per heavy atom. The SMILES string of the molecule is Cc1ccc(C)c(N2CCN(CCCNC(=O)C3CCN(c4ccncc4)CC3)CC2)c1. The van der Waals surface area contributed by atoms with E-state index in [1.165, 1.54) is 22.5 Å². The zero-order chi connectivity index (χ0) is 22.3. The van der Waals surface area contributed by atoms with Gasteiger partial charge in [0, 0.05) is 75.5 Å². The van der Waals surface area contributed by atoms with Gasteiger partial charge >= 0.3 is 0 Å². The highest BCUT2D eigenvalue weighted by atomic mass is 16.1. The van der Waals surface area contributed by atoms with E-state index < -0.39 is 0 Å². The minimum Gasteiger partial charge on any atom is -0.371 e. The molecule has 4 rings (SSSR count). The van der Waals surface area contributed by atoms with Crippen molar-refractivity contribution in [2.75, 3.05) is 62.2 Å². The van der Waals surface area contributed by atoms with Crippen molar-refractivity contribution in [3.05, 3.63) is 53.9 Å². The number of pyridine rings is 1. The first-order valence-corrected chi connectivity index (χ1v) is 12.1. The van der Waals surface area contributed by atoms with Crippen LogP contribution in [-0.2, 0) is 4.79 Å². The van der Waals surface area contributed by atoms with Crippen molar-refractivity contribution < 1.29 is 4.79 Å². The standard InChI is InChI=1S/C26H37N5O/c1-21-4-5-22(2)25(20-21)31-18-16-29(17-19-31)13-3-10-28-26(32)23-8-14-30(15-9-23)24-6-11-27-12-7-24/h4-7,11-12,20,23H,3,8-10,13-19H2,1-2H3,(H,28,32). The lowest BCUT2D eigenvalue weighted by Gasteiger charge is -2.37. The summed E-state index contributed by atoms with van der Waals surface area (Å²) in [4.78, 5) is 24.1. The lowest BCUT2D eigenvalue weighted by molar-refractivity contribution is -0.125. The van der Waals surface area contributed by atoms with Crippen LogP contribution in [0.1, 0.15) is 30.4 Å². The normalized spacial score (nSPS) is 18.1. The third-order valence-corrected chi connectivity index (χ3v) is 6.92. The summed E-state index contributed by atoms with van der Waals surface area (Å²) in [6.45, 7) is 12.4. The summed E-state index contributed by atoms with van der Waals surface area (Å²) in [6, 6.07) is 10.8. The van der Waals surface area contributed by atoms with Gasteiger partial charge in [-0.3, -0.25) is 14.7 Å². The molecule has 2 aromatic rings. The van der Waals surface area contributed by atoms with E-state index in [1.807, 2.05) is 24.5 Å². The van der Waals surface area contributed by atoms with E-state index in [0.717, 1.165) is 71.6 Å². The molecule has 0 aliphatic carbocycles. The van der Waals surface area contributed by atoms with Crippen molar-refractivity contribution in [2.24, 2.45) is 5.92 Å². The van der Waals surface area contributed by atoms with Crippen LogP contribution in [0.2, 0.25) is 0 Å². The average Bonchev–Trinajstić information content (AvgIpc) is 2.84. The second kappa shape index (κ2) is 10.8. The van der Waals surface area contributed by atoms with Crippen LogP contribution in [0.15, 0.2) is 42.7 Å². The zero-order valence-corrected chi connectivity index (χ0v) is 19.6. The number of nitrogens with one attached hydrogen (secondary N) is 1. The molecule has 2 aliphatic rings. The minimum atomic E-state index is 0.147. The third-order valence-electron chi connectivity index (χ3n) is 6.92. The maximum atomic E-state index is 12.6. The molecule has 0 radical (unpaired) electrons. The molecule has 0 atom stereocenters. The van der Waals surface area contributed by atoms with E-state index in [1.54, 1.807) is 0 Å². The molecule has 2 aliphatic heterocycles. The number of rotatable bonds is 7. The van der Waals surface area contributed by atoms with E-state index in [2.05, 4.69) is 57.0 Å². The summed E-state index contributed by atoms with van der Waals surface area (Å²) in [5, 5.41) is 3.19. The Bertz CT molecular complexity index is 871. The van der Waals surface area contributed by atoms with Gasteiger partial charge in [0.2, 0.25) is 5.91 Å². The Balaban J connectivity index is 1.11. The van der Waals surface area contributed by atoms with Crippen molar-refractivity contribution in [1.29, 1.82) is 0 Å². The smallest absolute Gasteiger partial charge is 0.223 e. The summed E-state index contributed by atoms with van der Waals surface area (Å²) in [7, 11) is 0. The van der Waals surface area contributed by atoms with Crippen molar-refractivity contribution in [3.8, 4) is 0 Å². The minimum absolute atomic E-state index is 0.147. The molecule has 1 aromatic heterocycles. The number of hydrogen-bond acceptors (Lipinski definition) is 5. The summed E-state index contributed by atoms with van der Waals surface area (Å²) in [5.74, 6) is 0.383. The van der Waals surface area contributed by atoms with Crippen LogP contribution < -0.4 is 15.1 Å². The lowest BCUT2D eigenvalue weighted by Crippen LogP contribution is -2.47. The lowest BCUT2D eigenvalue weighted by atomic mass is 9.95. The molecular formula is C26H37N5O. The Morgan fingerprint density at radius 2 is 1.69 bits per heavy atom. The van der Waals surface area contributed by atoms with E-state index in [-0.39, 0.29) is 11.8 Å². The number of carbonyl (C=O) groups excluding carboxylic acids is 1. The molecule has 1 N–H and O–H groups in total. The van der Waals surface area contributed by atoms with E-state index in [4.69, 9.17) is 0 Å². The number of nitrogens with zero attached hydrogens (tertiary/aromatic N) is 4. The van der Waals surface area contributed by atoms with Crippen molar-refractivity contribution in [2.45, 2.75) is 33.1 Å². The molecule has 1 aromatic carbocycles. The second-order valence-corrected chi connectivity index (χ2v) is 9.23. The number of piperidine rings is 1. The van der Waals surface area contributed by atoms with E-state index in [9.17, 15) is 4.79 Å². The molecule has 0 spiro atoms. The Hall–Kier alpha value is -2.60. The number of hydrogen-bond donors (Lipinski definition) is 1. The Kier molecular flexibility index (Phi) is 7.63. The number of amides is 1. The van der Waals surface area contributed by atoms with Gasteiger partial charge in [0.1, 0.15) is 0 Å². The topological polar surface area (TPSA) is 51.7 Å². The van der Waals surface area contributed by atoms with Crippen LogP contribution in [-0.4, -0.2) is 68.1 Å². The maximum absolute atomic E-state index is 12.6. The van der Waals surface area contributed by atoms with Gasteiger partial charge in [-0.1, -0.05) is 12.1 Å². The fourth-order valence-electron chi connectivity index (χ4n) is 4.89. The molecule has 2 fully saturated rings. The number of carbonyl (C=O) groups is 1. The number of anilines is 2. The predicted octanol–water partition coefficient (Wildman–Crippen LogP) is 3.24. The Morgan fingerprint density at radius 1 is 0.969 bits per heavy atom. The highest BCUT2D eigenvalue weighted by Crippen LogP contribution is 2.24. The van der Waals surface area contributed by atoms with Gasteiger partial charge in [-0.25, -0.2) is 0 Å². The predicted molar refractivity (Wildman–Crippen MR) is 131 cm³/mol. The molecule has 0 unspecified atom stereocenters. The first-order chi connectivity index (χ1) is 15.6. The van der Waals surface area contributed by atoms with Crippen LogP contribution >= 0.6 is 0 Å². The molecule has 3 heterocycles. The molecule has 32 heavy (non-hydrogen) atoms. The molecule has 0 saturated carbocycles. The van der Waals surface area contributed by atoms with Crippen molar-refractivity contribution in [1.82, 2.24) is 15.2 Å². The first kappa shape index (κ1) is 22.6. The summed E-state index contributed by atoms with van der Waals surface area (Å²) < 4.78 is 0. The first-order valence-electron chi connectivity index (χ1n) is 12.1. The number of benzene rings is 1. The van der Waals surface area contributed by atoms with Gasteiger partial charge in [0.25, 0.3) is 0 Å². The quantitative estimate of drug-likeness (QED) is 0.677. The molecule has 2 saturated heterocycles. The van der Waals surface area contributed by atoms with Crippen LogP contribution in [0.25, 0.3) is 0 Å². The van der Waals surface area contributed by atoms with E-state index >= 15 is 0 Å². The molecule has 0 bridgehead atoms. The summed E-state index contributed by atoms with van der Waals surface area (Å²) in [6.07, 6.45) is 6.53. The fourth-order valence-corrected chi connectivity index (χ4v) is 4.89. The molecular weight excluding hydrogens is 398 g/mol. The van der Waals surface area contributed by atoms with Gasteiger partial charge in [0.05, 0.1) is 0 Å². The monoisotopic (exact) mass is 435 g/mol. The van der Waals surface area contributed by atoms with Crippen LogP contribution in [0.3, 0.4) is 0 Å². The van der Waals surface area contributed by atoms with Gasteiger partial charge in [-0.05, 0) is 69.0 Å². The molecule has 172 valence electrons. The van der Waals surface area contributed by atoms with Gasteiger partial charge in [0.15, 0.2) is 0 Å². The molecule has 1 amide bonds. The molecule has 6 heteroatoms. The van der Waals surface area contributed by atoms with Crippen molar-refractivity contribution in [3.63, 3.8) is 0 Å². The second-order valence-electron chi connectivity index (χ2n) is 9.23. The largest absolute Gasteiger partial charge is 0.371 e. The van der Waals surface area contributed by atoms with Crippen LogP contribution in [0, 0.1) is 19.8 Å². The van der Waals surface area contributed by atoms with E-state index in [0.29, 0.717) is 0 Å². The van der Waals surface area contributed by atoms with Gasteiger partial charge < -0.3 is 15.1 Å². The number of aryl methyl sites for hydroxylation is 2. The fraction of sp³-hybridized carbons (Fsp3) is 0.538. The zero-order valence-electron chi connectivity index (χ0n) is 19.6. The third kappa shape index (κ3) is 5.80. The summed E-state index contributed by atoms with van der Waals surface area (Å²) in [5.41, 5.74) is 5.27. The van der Waals surface area contributed by atoms with Gasteiger partial charge in [-0.2, -0.15) is 0 Å². The highest BCUT2D eigenvalue weighted by molar-refractivity contribution is 5.79. The van der Waals surface area contributed by atoms with Gasteiger partial charge in [-0.15, -0.1) is 0 Å². The highest BCUT2D eigenvalue weighted by Gasteiger charge is 2.25. The van der Waals surface area contributed by atoms with Crippen LogP contribution in [0.5, 0.6) is 0 Å².